The summed E-state index contributed by atoms with van der Waals surface area (Å²) in [7, 11) is 1.48. The third kappa shape index (κ3) is 3.89. The molecule has 1 aliphatic rings. The average Bonchev–Trinajstić information content (AvgIpc) is 3.20. The lowest BCUT2D eigenvalue weighted by molar-refractivity contribution is -0.299. The van der Waals surface area contributed by atoms with Gasteiger partial charge in [0.15, 0.2) is 17.3 Å². The van der Waals surface area contributed by atoms with Crippen molar-refractivity contribution in [1.29, 1.82) is 0 Å². The lowest BCUT2D eigenvalue weighted by atomic mass is 9.95. The summed E-state index contributed by atoms with van der Waals surface area (Å²) in [6.07, 6.45) is 0.597. The molecule has 2 heterocycles. The summed E-state index contributed by atoms with van der Waals surface area (Å²) in [6.45, 7) is 3.60. The van der Waals surface area contributed by atoms with Crippen molar-refractivity contribution in [3.63, 3.8) is 0 Å². The summed E-state index contributed by atoms with van der Waals surface area (Å²) in [5.74, 6) is 0.151. The number of rotatable bonds is 7. The smallest absolute Gasteiger partial charge is 0.226 e. The Kier molecular flexibility index (Phi) is 5.81. The molecule has 1 aromatic heterocycles. The van der Waals surface area contributed by atoms with Gasteiger partial charge in [-0.1, -0.05) is 31.2 Å². The lowest BCUT2D eigenvalue weighted by Crippen LogP contribution is -2.35. The topological polar surface area (TPSA) is 101 Å². The number of anilines is 1. The Balaban J connectivity index is 1.71. The number of ether oxygens (including phenoxy) is 2. The van der Waals surface area contributed by atoms with Crippen LogP contribution in [0.15, 0.2) is 53.7 Å². The van der Waals surface area contributed by atoms with E-state index in [1.165, 1.54) is 17.9 Å². The van der Waals surface area contributed by atoms with Gasteiger partial charge in [0.05, 0.1) is 13.1 Å². The number of carboxylic acid groups (broad SMARTS) is 1. The molecule has 166 valence electrons. The maximum atomic E-state index is 13.9. The van der Waals surface area contributed by atoms with Crippen LogP contribution in [0.3, 0.4) is 0 Å². The van der Waals surface area contributed by atoms with E-state index in [-0.39, 0.29) is 18.0 Å². The number of carbonyl (C=O) groups is 1. The number of nitrogens with zero attached hydrogens (tertiary/aromatic N) is 3. The molecule has 0 saturated heterocycles. The van der Waals surface area contributed by atoms with Gasteiger partial charge in [0.25, 0.3) is 0 Å². The summed E-state index contributed by atoms with van der Waals surface area (Å²) in [6, 6.07) is 10.7. The van der Waals surface area contributed by atoms with Crippen LogP contribution in [0.2, 0.25) is 0 Å². The van der Waals surface area contributed by atoms with Gasteiger partial charge in [-0.05, 0) is 30.7 Å². The summed E-state index contributed by atoms with van der Waals surface area (Å²) in [4.78, 5) is 16.4. The quantitative estimate of drug-likeness (QED) is 0.606. The molecule has 9 heteroatoms. The second-order valence-electron chi connectivity index (χ2n) is 7.29. The number of nitrogens with one attached hydrogen (secondary N) is 1. The number of fused-ring (bicyclic) bond motifs is 1. The van der Waals surface area contributed by atoms with Crippen LogP contribution in [-0.4, -0.2) is 27.8 Å². The maximum Gasteiger partial charge on any atom is 0.226 e. The summed E-state index contributed by atoms with van der Waals surface area (Å²) >= 11 is 0. The average molecular weight is 437 g/mol. The molecule has 4 rings (SSSR count). The molecule has 32 heavy (non-hydrogen) atoms. The van der Waals surface area contributed by atoms with Crippen molar-refractivity contribution in [1.82, 2.24) is 14.8 Å². The maximum absolute atomic E-state index is 13.9. The van der Waals surface area contributed by atoms with Gasteiger partial charge >= 0.3 is 0 Å². The van der Waals surface area contributed by atoms with Crippen LogP contribution in [0.25, 0.3) is 0 Å². The van der Waals surface area contributed by atoms with E-state index in [0.717, 1.165) is 0 Å². The summed E-state index contributed by atoms with van der Waals surface area (Å²) in [5.41, 5.74) is 1.49. The minimum absolute atomic E-state index is 0.0200. The number of aliphatic carboxylic acids is 1. The number of methoxy groups -OCH3 is 1. The monoisotopic (exact) mass is 437 g/mol. The van der Waals surface area contributed by atoms with Crippen molar-refractivity contribution in [2.75, 3.05) is 12.4 Å². The Hall–Kier alpha value is -3.88. The fourth-order valence-corrected chi connectivity index (χ4v) is 3.66. The third-order valence-electron chi connectivity index (χ3n) is 5.28. The number of carboxylic acids is 1. The number of aromatic nitrogens is 3. The van der Waals surface area contributed by atoms with Gasteiger partial charge in [0.1, 0.15) is 18.5 Å². The van der Waals surface area contributed by atoms with Gasteiger partial charge in [0, 0.05) is 23.3 Å². The zero-order valence-corrected chi connectivity index (χ0v) is 17.9. The largest absolute Gasteiger partial charge is 0.545 e. The van der Waals surface area contributed by atoms with Crippen molar-refractivity contribution in [2.45, 2.75) is 32.9 Å². The molecule has 1 N–H and O–H groups in total. The zero-order chi connectivity index (χ0) is 22.8. The SMILES string of the molecule is CCc1nc2n(n1)C(c1ccc(OCc3ccccc3F)c(OC)c1)C(C(=O)[O-])=C(C)N2. The minimum atomic E-state index is -1.31. The molecule has 1 unspecified atom stereocenters. The Bertz CT molecular complexity index is 1200. The Morgan fingerprint density at radius 3 is 2.72 bits per heavy atom. The van der Waals surface area contributed by atoms with Crippen LogP contribution < -0.4 is 19.9 Å². The standard InChI is InChI=1S/C23H23FN4O4/c1-4-19-26-23-25-13(2)20(22(29)30)21(28(23)27-19)14-9-10-17(18(11-14)31-3)32-12-15-7-5-6-8-16(15)24/h5-11,21H,4,12H2,1-3H3,(H,29,30)(H,25,26,27)/p-1. The molecule has 0 aliphatic carbocycles. The van der Waals surface area contributed by atoms with Crippen LogP contribution in [-0.2, 0) is 17.8 Å². The number of benzene rings is 2. The molecule has 0 saturated carbocycles. The molecule has 8 nitrogen and oxygen atoms in total. The first-order valence-corrected chi connectivity index (χ1v) is 10.1. The zero-order valence-electron chi connectivity index (χ0n) is 17.9. The first-order valence-electron chi connectivity index (χ1n) is 10.1. The Morgan fingerprint density at radius 1 is 1.25 bits per heavy atom. The molecule has 1 atom stereocenters. The molecule has 0 bridgehead atoms. The second-order valence-corrected chi connectivity index (χ2v) is 7.29. The van der Waals surface area contributed by atoms with Crippen molar-refractivity contribution < 1.29 is 23.8 Å². The second kappa shape index (κ2) is 8.70. The van der Waals surface area contributed by atoms with Crippen molar-refractivity contribution in [3.05, 3.63) is 76.5 Å². The van der Waals surface area contributed by atoms with E-state index in [4.69, 9.17) is 9.47 Å². The van der Waals surface area contributed by atoms with E-state index in [9.17, 15) is 14.3 Å². The van der Waals surface area contributed by atoms with E-state index >= 15 is 0 Å². The number of aryl methyl sites for hydroxylation is 1. The number of hydrogen-bond acceptors (Lipinski definition) is 7. The van der Waals surface area contributed by atoms with Crippen molar-refractivity contribution in [2.24, 2.45) is 0 Å². The van der Waals surface area contributed by atoms with E-state index in [0.29, 0.717) is 46.5 Å². The van der Waals surface area contributed by atoms with Gasteiger partial charge in [0.2, 0.25) is 5.95 Å². The molecular weight excluding hydrogens is 415 g/mol. The molecule has 2 aromatic carbocycles. The van der Waals surface area contributed by atoms with E-state index in [1.54, 1.807) is 43.3 Å². The van der Waals surface area contributed by atoms with Gasteiger partial charge in [-0.2, -0.15) is 10.1 Å². The molecule has 0 amide bonds. The lowest BCUT2D eigenvalue weighted by Gasteiger charge is -2.30. The fraction of sp³-hybridized carbons (Fsp3) is 0.261. The Morgan fingerprint density at radius 2 is 2.03 bits per heavy atom. The highest BCUT2D eigenvalue weighted by Gasteiger charge is 2.31. The van der Waals surface area contributed by atoms with Gasteiger partial charge in [-0.25, -0.2) is 9.07 Å². The van der Waals surface area contributed by atoms with E-state index in [2.05, 4.69) is 15.4 Å². The molecule has 1 aliphatic heterocycles. The number of hydrogen-bond donors (Lipinski definition) is 1. The highest BCUT2D eigenvalue weighted by atomic mass is 19.1. The van der Waals surface area contributed by atoms with Crippen LogP contribution in [0, 0.1) is 5.82 Å². The predicted molar refractivity (Wildman–Crippen MR) is 113 cm³/mol. The predicted octanol–water partition coefficient (Wildman–Crippen LogP) is 2.61. The van der Waals surface area contributed by atoms with E-state index < -0.39 is 12.0 Å². The molecule has 3 aromatic rings. The first kappa shape index (κ1) is 21.4. The van der Waals surface area contributed by atoms with Crippen LogP contribution in [0.5, 0.6) is 11.5 Å². The molecule has 0 radical (unpaired) electrons. The van der Waals surface area contributed by atoms with Gasteiger partial charge in [-0.3, -0.25) is 0 Å². The molecule has 0 fully saturated rings. The molecular formula is C23H22FN4O4-. The summed E-state index contributed by atoms with van der Waals surface area (Å²) in [5, 5.41) is 19.4. The third-order valence-corrected chi connectivity index (χ3v) is 5.28. The normalized spacial score (nSPS) is 15.2. The van der Waals surface area contributed by atoms with Crippen LogP contribution in [0.4, 0.5) is 10.3 Å². The Labute approximate surface area is 184 Å². The van der Waals surface area contributed by atoms with Gasteiger partial charge in [-0.15, -0.1) is 0 Å². The summed E-state index contributed by atoms with van der Waals surface area (Å²) < 4.78 is 26.7. The highest BCUT2D eigenvalue weighted by Crippen LogP contribution is 2.38. The van der Waals surface area contributed by atoms with Gasteiger partial charge < -0.3 is 24.7 Å². The van der Waals surface area contributed by atoms with Crippen LogP contribution in [0.1, 0.15) is 36.8 Å². The first-order chi connectivity index (χ1) is 15.4. The minimum Gasteiger partial charge on any atom is -0.545 e. The highest BCUT2D eigenvalue weighted by molar-refractivity contribution is 5.89. The molecule has 0 spiro atoms. The van der Waals surface area contributed by atoms with Crippen LogP contribution >= 0.6 is 0 Å². The number of allylic oxidation sites excluding steroid dienone is 1. The van der Waals surface area contributed by atoms with Crippen molar-refractivity contribution >= 4 is 11.9 Å². The fourth-order valence-electron chi connectivity index (χ4n) is 3.66. The number of halogens is 1. The van der Waals surface area contributed by atoms with E-state index in [1.807, 2.05) is 6.92 Å². The number of carbonyl (C=O) groups excluding carboxylic acids is 1. The van der Waals surface area contributed by atoms with Crippen molar-refractivity contribution in [3.8, 4) is 11.5 Å².